The maximum atomic E-state index is 12.5. The highest BCUT2D eigenvalue weighted by atomic mass is 32.2. The summed E-state index contributed by atoms with van der Waals surface area (Å²) in [6.45, 7) is 4.31. The lowest BCUT2D eigenvalue weighted by atomic mass is 10.1. The van der Waals surface area contributed by atoms with Crippen molar-refractivity contribution >= 4 is 23.5 Å². The van der Waals surface area contributed by atoms with Gasteiger partial charge in [-0.1, -0.05) is 30.3 Å². The van der Waals surface area contributed by atoms with Crippen molar-refractivity contribution < 1.29 is 14.2 Å². The first kappa shape index (κ1) is 21.6. The van der Waals surface area contributed by atoms with Crippen LogP contribution in [0.1, 0.15) is 24.8 Å². The number of benzene rings is 1. The van der Waals surface area contributed by atoms with Gasteiger partial charge in [0.25, 0.3) is 0 Å². The van der Waals surface area contributed by atoms with Gasteiger partial charge < -0.3 is 4.90 Å². The van der Waals surface area contributed by atoms with E-state index in [9.17, 15) is 9.59 Å². The second kappa shape index (κ2) is 10.6. The summed E-state index contributed by atoms with van der Waals surface area (Å²) in [6.07, 6.45) is 5.53. The van der Waals surface area contributed by atoms with Gasteiger partial charge in [-0.15, -0.1) is 0 Å². The van der Waals surface area contributed by atoms with E-state index in [2.05, 4.69) is 29.2 Å². The van der Waals surface area contributed by atoms with Gasteiger partial charge in [0.1, 0.15) is 18.2 Å². The van der Waals surface area contributed by atoms with E-state index in [4.69, 9.17) is 0 Å². The SMILES string of the molecule is Cn1cc[n+](C)c1SCC(=O)CCCC(=O)N1CCN(Cc2ccccc2)CC1. The summed E-state index contributed by atoms with van der Waals surface area (Å²) in [4.78, 5) is 29.0. The minimum atomic E-state index is 0.179. The summed E-state index contributed by atoms with van der Waals surface area (Å²) in [5.41, 5.74) is 1.31. The Morgan fingerprint density at radius 3 is 2.45 bits per heavy atom. The lowest BCUT2D eigenvalue weighted by molar-refractivity contribution is -0.709. The fourth-order valence-electron chi connectivity index (χ4n) is 3.59. The van der Waals surface area contributed by atoms with E-state index in [1.165, 1.54) is 5.56 Å². The zero-order valence-corrected chi connectivity index (χ0v) is 18.2. The number of ketones is 1. The number of thioether (sulfide) groups is 1. The molecule has 1 aliphatic rings. The predicted molar refractivity (Wildman–Crippen MR) is 114 cm³/mol. The molecule has 1 amide bonds. The van der Waals surface area contributed by atoms with E-state index in [0.717, 1.165) is 37.9 Å². The molecule has 1 fully saturated rings. The maximum Gasteiger partial charge on any atom is 0.317 e. The van der Waals surface area contributed by atoms with Crippen LogP contribution in [0.3, 0.4) is 0 Å². The van der Waals surface area contributed by atoms with Crippen LogP contribution in [-0.4, -0.2) is 58.0 Å². The molecule has 1 saturated heterocycles. The molecule has 1 aromatic carbocycles. The van der Waals surface area contributed by atoms with Gasteiger partial charge in [-0.05, 0) is 23.7 Å². The molecule has 6 nitrogen and oxygen atoms in total. The van der Waals surface area contributed by atoms with Crippen molar-refractivity contribution in [2.24, 2.45) is 14.1 Å². The van der Waals surface area contributed by atoms with Gasteiger partial charge in [0.2, 0.25) is 5.91 Å². The van der Waals surface area contributed by atoms with E-state index < -0.39 is 0 Å². The number of carbonyl (C=O) groups is 2. The van der Waals surface area contributed by atoms with Gasteiger partial charge in [0.15, 0.2) is 0 Å². The molecule has 1 aliphatic heterocycles. The largest absolute Gasteiger partial charge is 0.340 e. The molecule has 0 unspecified atom stereocenters. The van der Waals surface area contributed by atoms with Crippen LogP contribution in [0.15, 0.2) is 47.9 Å². The minimum Gasteiger partial charge on any atom is -0.340 e. The number of amides is 1. The van der Waals surface area contributed by atoms with Crippen LogP contribution < -0.4 is 4.57 Å². The number of piperazine rings is 1. The Kier molecular flexibility index (Phi) is 7.89. The predicted octanol–water partition coefficient (Wildman–Crippen LogP) is 2.03. The van der Waals surface area contributed by atoms with E-state index in [-0.39, 0.29) is 11.7 Å². The molecule has 0 aliphatic carbocycles. The van der Waals surface area contributed by atoms with Gasteiger partial charge in [0, 0.05) is 45.6 Å². The third kappa shape index (κ3) is 6.44. The van der Waals surface area contributed by atoms with Crippen LogP contribution >= 0.6 is 11.8 Å². The first-order valence-corrected chi connectivity index (χ1v) is 11.2. The molecule has 0 saturated carbocycles. The average molecular weight is 416 g/mol. The summed E-state index contributed by atoms with van der Waals surface area (Å²) in [7, 11) is 3.95. The molecule has 0 atom stereocenters. The van der Waals surface area contributed by atoms with Gasteiger partial charge in [0.05, 0.1) is 19.8 Å². The van der Waals surface area contributed by atoms with Crippen molar-refractivity contribution in [2.45, 2.75) is 31.0 Å². The number of aryl methyl sites for hydroxylation is 2. The zero-order valence-electron chi connectivity index (χ0n) is 17.4. The Hall–Kier alpha value is -2.12. The van der Waals surface area contributed by atoms with E-state index in [1.807, 2.05) is 46.6 Å². The normalized spacial score (nSPS) is 14.9. The molecule has 0 N–H and O–H groups in total. The lowest BCUT2D eigenvalue weighted by Crippen LogP contribution is -2.48. The Morgan fingerprint density at radius 1 is 1.07 bits per heavy atom. The first-order chi connectivity index (χ1) is 14.0. The van der Waals surface area contributed by atoms with Gasteiger partial charge >= 0.3 is 5.16 Å². The Bertz CT molecular complexity index is 794. The number of hydrogen-bond donors (Lipinski definition) is 0. The number of carbonyl (C=O) groups excluding carboxylic acids is 2. The molecule has 29 heavy (non-hydrogen) atoms. The van der Waals surface area contributed by atoms with Gasteiger partial charge in [-0.2, -0.15) is 0 Å². The Morgan fingerprint density at radius 2 is 1.79 bits per heavy atom. The molecule has 2 aromatic rings. The molecule has 156 valence electrons. The average Bonchev–Trinajstić information content (AvgIpc) is 3.05. The van der Waals surface area contributed by atoms with E-state index >= 15 is 0 Å². The molecular weight excluding hydrogens is 384 g/mol. The van der Waals surface area contributed by atoms with Crippen LogP contribution in [0.5, 0.6) is 0 Å². The van der Waals surface area contributed by atoms with Crippen LogP contribution in [0.25, 0.3) is 0 Å². The van der Waals surface area contributed by atoms with Crippen molar-refractivity contribution in [3.63, 3.8) is 0 Å². The highest BCUT2D eigenvalue weighted by molar-refractivity contribution is 7.99. The molecule has 7 heteroatoms. The number of aromatic nitrogens is 2. The molecule has 1 aromatic heterocycles. The summed E-state index contributed by atoms with van der Waals surface area (Å²) in [6, 6.07) is 10.4. The number of nitrogens with zero attached hydrogens (tertiary/aromatic N) is 4. The minimum absolute atomic E-state index is 0.179. The van der Waals surface area contributed by atoms with Crippen molar-refractivity contribution in [3.8, 4) is 0 Å². The zero-order chi connectivity index (χ0) is 20.6. The van der Waals surface area contributed by atoms with E-state index in [0.29, 0.717) is 25.0 Å². The molecule has 3 rings (SSSR count). The molecule has 0 radical (unpaired) electrons. The fraction of sp³-hybridized carbons (Fsp3) is 0.500. The lowest BCUT2D eigenvalue weighted by Gasteiger charge is -2.34. The second-order valence-corrected chi connectivity index (χ2v) is 8.57. The van der Waals surface area contributed by atoms with Crippen LogP contribution in [-0.2, 0) is 30.2 Å². The standard InChI is InChI=1S/C22H31N4O2S/c1-23-11-12-24(2)22(23)29-18-20(27)9-6-10-21(28)26-15-13-25(14-16-26)17-19-7-4-3-5-8-19/h3-5,7-8,11-12H,6,9-10,13-18H2,1-2H3/q+1. The highest BCUT2D eigenvalue weighted by Crippen LogP contribution is 2.15. The smallest absolute Gasteiger partial charge is 0.317 e. The second-order valence-electron chi connectivity index (χ2n) is 7.63. The summed E-state index contributed by atoms with van der Waals surface area (Å²) in [5, 5.41) is 1.06. The van der Waals surface area contributed by atoms with Gasteiger partial charge in [-0.25, -0.2) is 9.13 Å². The quantitative estimate of drug-likeness (QED) is 0.465. The monoisotopic (exact) mass is 415 g/mol. The number of hydrogen-bond acceptors (Lipinski definition) is 4. The highest BCUT2D eigenvalue weighted by Gasteiger charge is 2.21. The molecule has 0 bridgehead atoms. The molecule has 0 spiro atoms. The Balaban J connectivity index is 1.31. The van der Waals surface area contributed by atoms with Crippen LogP contribution in [0.4, 0.5) is 0 Å². The number of rotatable bonds is 9. The van der Waals surface area contributed by atoms with Crippen molar-refractivity contribution in [1.82, 2.24) is 14.4 Å². The van der Waals surface area contributed by atoms with Crippen LogP contribution in [0.2, 0.25) is 0 Å². The van der Waals surface area contributed by atoms with Gasteiger partial charge in [-0.3, -0.25) is 14.5 Å². The topological polar surface area (TPSA) is 49.4 Å². The molecule has 2 heterocycles. The third-order valence-corrected chi connectivity index (χ3v) is 6.60. The molecular formula is C22H31N4O2S+. The van der Waals surface area contributed by atoms with E-state index in [1.54, 1.807) is 11.8 Å². The number of imidazole rings is 1. The third-order valence-electron chi connectivity index (χ3n) is 5.30. The van der Waals surface area contributed by atoms with Crippen molar-refractivity contribution in [3.05, 3.63) is 48.3 Å². The summed E-state index contributed by atoms with van der Waals surface area (Å²) < 4.78 is 4.03. The maximum absolute atomic E-state index is 12.5. The first-order valence-electron chi connectivity index (χ1n) is 10.2. The van der Waals surface area contributed by atoms with Crippen LogP contribution in [0, 0.1) is 0 Å². The van der Waals surface area contributed by atoms with Crippen molar-refractivity contribution in [1.29, 1.82) is 0 Å². The Labute approximate surface area is 177 Å². The summed E-state index contributed by atoms with van der Waals surface area (Å²) in [5.74, 6) is 0.841. The van der Waals surface area contributed by atoms with Crippen molar-refractivity contribution in [2.75, 3.05) is 31.9 Å². The summed E-state index contributed by atoms with van der Waals surface area (Å²) >= 11 is 1.55. The fourth-order valence-corrected chi connectivity index (χ4v) is 4.55. The number of Topliss-reactive ketones (excluding diaryl/α,β-unsaturated/α-hetero) is 1.